The number of thiazole rings is 1. The van der Waals surface area contributed by atoms with Crippen molar-refractivity contribution < 1.29 is 9.59 Å². The molecule has 0 aliphatic heterocycles. The highest BCUT2D eigenvalue weighted by molar-refractivity contribution is 9.10. The van der Waals surface area contributed by atoms with Crippen molar-refractivity contribution in [3.8, 4) is 0 Å². The lowest BCUT2D eigenvalue weighted by atomic mass is 10.2. The average molecular weight is 452 g/mol. The van der Waals surface area contributed by atoms with Crippen molar-refractivity contribution in [2.75, 3.05) is 13.1 Å². The first kappa shape index (κ1) is 21.6. The molecule has 0 bridgehead atoms. The van der Waals surface area contributed by atoms with E-state index in [1.165, 1.54) is 11.3 Å². The van der Waals surface area contributed by atoms with Crippen LogP contribution in [-0.4, -0.2) is 34.8 Å². The fourth-order valence-electron chi connectivity index (χ4n) is 2.53. The minimum absolute atomic E-state index is 0.0195. The van der Waals surface area contributed by atoms with E-state index in [1.54, 1.807) is 5.38 Å². The van der Waals surface area contributed by atoms with Crippen LogP contribution in [0.25, 0.3) is 0 Å². The van der Waals surface area contributed by atoms with E-state index in [1.807, 2.05) is 29.2 Å². The van der Waals surface area contributed by atoms with Crippen LogP contribution in [0.5, 0.6) is 0 Å². The summed E-state index contributed by atoms with van der Waals surface area (Å²) >= 11 is 4.84. The quantitative estimate of drug-likeness (QED) is 0.523. The summed E-state index contributed by atoms with van der Waals surface area (Å²) in [5.41, 5.74) is 1.08. The van der Waals surface area contributed by atoms with Crippen molar-refractivity contribution in [3.05, 3.63) is 50.4 Å². The van der Waals surface area contributed by atoms with E-state index < -0.39 is 0 Å². The minimum atomic E-state index is -0.149. The van der Waals surface area contributed by atoms with E-state index in [0.29, 0.717) is 30.9 Å². The van der Waals surface area contributed by atoms with Crippen LogP contribution in [0.15, 0.2) is 34.1 Å². The van der Waals surface area contributed by atoms with Gasteiger partial charge < -0.3 is 10.2 Å². The van der Waals surface area contributed by atoms with E-state index in [9.17, 15) is 9.59 Å². The summed E-state index contributed by atoms with van der Waals surface area (Å²) in [7, 11) is 0. The zero-order valence-electron chi connectivity index (χ0n) is 15.8. The Kier molecular flexibility index (Phi) is 8.94. The number of amides is 2. The highest BCUT2D eigenvalue weighted by atomic mass is 79.9. The summed E-state index contributed by atoms with van der Waals surface area (Å²) in [6.45, 7) is 5.92. The SMILES string of the molecule is CCCCNC(=O)c1csc(CN(CCCC)C(=O)c2cccc(Br)c2)n1. The molecule has 0 spiro atoms. The Bertz CT molecular complexity index is 763. The van der Waals surface area contributed by atoms with Crippen LogP contribution in [0, 0.1) is 0 Å². The van der Waals surface area contributed by atoms with Gasteiger partial charge in [-0.25, -0.2) is 4.98 Å². The molecule has 0 aliphatic rings. The molecule has 146 valence electrons. The summed E-state index contributed by atoms with van der Waals surface area (Å²) in [5.74, 6) is -0.168. The lowest BCUT2D eigenvalue weighted by Crippen LogP contribution is -2.31. The number of benzene rings is 1. The number of aromatic nitrogens is 1. The average Bonchev–Trinajstić information content (AvgIpc) is 3.13. The summed E-state index contributed by atoms with van der Waals surface area (Å²) in [6.07, 6.45) is 3.92. The molecule has 5 nitrogen and oxygen atoms in total. The maximum absolute atomic E-state index is 12.9. The molecule has 0 radical (unpaired) electrons. The number of hydrogen-bond donors (Lipinski definition) is 1. The Labute approximate surface area is 173 Å². The third-order valence-electron chi connectivity index (χ3n) is 4.07. The molecule has 1 aromatic heterocycles. The van der Waals surface area contributed by atoms with Gasteiger partial charge in [0.1, 0.15) is 10.7 Å². The van der Waals surface area contributed by atoms with Gasteiger partial charge >= 0.3 is 0 Å². The van der Waals surface area contributed by atoms with Crippen LogP contribution < -0.4 is 5.32 Å². The number of halogens is 1. The zero-order chi connectivity index (χ0) is 19.6. The lowest BCUT2D eigenvalue weighted by Gasteiger charge is -2.21. The number of rotatable bonds is 10. The molecule has 2 amide bonds. The number of hydrogen-bond acceptors (Lipinski definition) is 4. The van der Waals surface area contributed by atoms with Crippen molar-refractivity contribution in [2.45, 2.75) is 46.1 Å². The zero-order valence-corrected chi connectivity index (χ0v) is 18.2. The molecule has 2 rings (SSSR count). The normalized spacial score (nSPS) is 10.6. The predicted molar refractivity (Wildman–Crippen MR) is 113 cm³/mol. The van der Waals surface area contributed by atoms with E-state index in [-0.39, 0.29) is 11.8 Å². The first-order chi connectivity index (χ1) is 13.0. The second-order valence-corrected chi connectivity index (χ2v) is 8.18. The van der Waals surface area contributed by atoms with Crippen LogP contribution in [0.3, 0.4) is 0 Å². The van der Waals surface area contributed by atoms with Gasteiger partial charge in [0, 0.05) is 28.5 Å². The Morgan fingerprint density at radius 1 is 1.22 bits per heavy atom. The molecule has 27 heavy (non-hydrogen) atoms. The van der Waals surface area contributed by atoms with Crippen LogP contribution >= 0.6 is 27.3 Å². The topological polar surface area (TPSA) is 62.3 Å². The standard InChI is InChI=1S/C20H26BrN3O2S/c1-3-5-10-22-19(25)17-14-27-18(23-17)13-24(11-6-4-2)20(26)15-8-7-9-16(21)12-15/h7-9,12,14H,3-6,10-11,13H2,1-2H3,(H,22,25). The van der Waals surface area contributed by atoms with E-state index in [2.05, 4.69) is 40.1 Å². The Morgan fingerprint density at radius 3 is 2.70 bits per heavy atom. The summed E-state index contributed by atoms with van der Waals surface area (Å²) in [4.78, 5) is 31.3. The predicted octanol–water partition coefficient (Wildman–Crippen LogP) is 4.88. The molecule has 0 saturated heterocycles. The summed E-state index contributed by atoms with van der Waals surface area (Å²) < 4.78 is 0.879. The van der Waals surface area contributed by atoms with Crippen molar-refractivity contribution in [1.29, 1.82) is 0 Å². The summed E-state index contributed by atoms with van der Waals surface area (Å²) in [5, 5.41) is 5.41. The molecular weight excluding hydrogens is 426 g/mol. The maximum atomic E-state index is 12.9. The first-order valence-electron chi connectivity index (χ1n) is 9.32. The van der Waals surface area contributed by atoms with E-state index in [4.69, 9.17) is 0 Å². The molecule has 1 heterocycles. The highest BCUT2D eigenvalue weighted by Gasteiger charge is 2.18. The second kappa shape index (κ2) is 11.2. The van der Waals surface area contributed by atoms with Gasteiger partial charge in [0.25, 0.3) is 11.8 Å². The van der Waals surface area contributed by atoms with Gasteiger partial charge in [-0.1, -0.05) is 48.7 Å². The highest BCUT2D eigenvalue weighted by Crippen LogP contribution is 2.18. The third kappa shape index (κ3) is 6.74. The number of nitrogens with one attached hydrogen (secondary N) is 1. The Balaban J connectivity index is 2.07. The molecule has 1 aromatic carbocycles. The van der Waals surface area contributed by atoms with Crippen molar-refractivity contribution in [1.82, 2.24) is 15.2 Å². The molecular formula is C20H26BrN3O2S. The molecule has 0 unspecified atom stereocenters. The second-order valence-electron chi connectivity index (χ2n) is 6.33. The van der Waals surface area contributed by atoms with Gasteiger partial charge in [-0.05, 0) is 31.0 Å². The van der Waals surface area contributed by atoms with Crippen LogP contribution in [0.1, 0.15) is 65.4 Å². The Hall–Kier alpha value is -1.73. The largest absolute Gasteiger partial charge is 0.351 e. The number of unbranched alkanes of at least 4 members (excludes halogenated alkanes) is 2. The molecule has 1 N–H and O–H groups in total. The van der Waals surface area contributed by atoms with Crippen LogP contribution in [0.2, 0.25) is 0 Å². The maximum Gasteiger partial charge on any atom is 0.270 e. The molecule has 0 aliphatic carbocycles. The van der Waals surface area contributed by atoms with Crippen LogP contribution in [-0.2, 0) is 6.54 Å². The van der Waals surface area contributed by atoms with Gasteiger partial charge in [0.2, 0.25) is 0 Å². The lowest BCUT2D eigenvalue weighted by molar-refractivity contribution is 0.0740. The first-order valence-corrected chi connectivity index (χ1v) is 11.0. The number of carbonyl (C=O) groups excluding carboxylic acids is 2. The van der Waals surface area contributed by atoms with Gasteiger partial charge in [-0.15, -0.1) is 11.3 Å². The molecule has 0 fully saturated rings. The molecule has 2 aromatic rings. The van der Waals surface area contributed by atoms with E-state index in [0.717, 1.165) is 35.2 Å². The Morgan fingerprint density at radius 2 is 2.00 bits per heavy atom. The van der Waals surface area contributed by atoms with Gasteiger partial charge in [-0.2, -0.15) is 0 Å². The minimum Gasteiger partial charge on any atom is -0.351 e. The fourth-order valence-corrected chi connectivity index (χ4v) is 3.71. The van der Waals surface area contributed by atoms with E-state index >= 15 is 0 Å². The third-order valence-corrected chi connectivity index (χ3v) is 5.39. The number of nitrogens with zero attached hydrogens (tertiary/aromatic N) is 2. The van der Waals surface area contributed by atoms with Crippen molar-refractivity contribution in [2.24, 2.45) is 0 Å². The molecule has 0 saturated carbocycles. The van der Waals surface area contributed by atoms with Crippen molar-refractivity contribution in [3.63, 3.8) is 0 Å². The van der Waals surface area contributed by atoms with Crippen LogP contribution in [0.4, 0.5) is 0 Å². The van der Waals surface area contributed by atoms with Gasteiger partial charge in [-0.3, -0.25) is 9.59 Å². The number of carbonyl (C=O) groups is 2. The smallest absolute Gasteiger partial charge is 0.270 e. The fraction of sp³-hybridized carbons (Fsp3) is 0.450. The van der Waals surface area contributed by atoms with Gasteiger partial charge in [0.05, 0.1) is 6.54 Å². The molecule has 0 atom stereocenters. The van der Waals surface area contributed by atoms with Crippen molar-refractivity contribution >= 4 is 39.1 Å². The monoisotopic (exact) mass is 451 g/mol. The summed E-state index contributed by atoms with van der Waals surface area (Å²) in [6, 6.07) is 7.41. The van der Waals surface area contributed by atoms with Gasteiger partial charge in [0.15, 0.2) is 0 Å². The molecule has 7 heteroatoms.